The summed E-state index contributed by atoms with van der Waals surface area (Å²) in [6, 6.07) is 7.34. The van der Waals surface area contributed by atoms with E-state index in [1.54, 1.807) is 19.1 Å². The molecule has 5 heteroatoms. The van der Waals surface area contributed by atoms with Gasteiger partial charge in [-0.1, -0.05) is 44.5 Å². The van der Waals surface area contributed by atoms with Crippen molar-refractivity contribution in [2.75, 3.05) is 0 Å². The number of allylic oxidation sites excluding steroid dienone is 2. The topological polar surface area (TPSA) is 55.4 Å². The molecule has 0 bridgehead atoms. The van der Waals surface area contributed by atoms with Crippen molar-refractivity contribution in [1.82, 2.24) is 5.32 Å². The third kappa shape index (κ3) is 6.15. The van der Waals surface area contributed by atoms with E-state index in [1.165, 1.54) is 0 Å². The number of rotatable bonds is 8. The van der Waals surface area contributed by atoms with Crippen molar-refractivity contribution in [3.63, 3.8) is 0 Å². The third-order valence-corrected chi connectivity index (χ3v) is 5.33. The quantitative estimate of drug-likeness (QED) is 0.498. The van der Waals surface area contributed by atoms with Crippen LogP contribution in [0, 0.1) is 0 Å². The highest BCUT2D eigenvalue weighted by Gasteiger charge is 2.41. The molecule has 4 nitrogen and oxygen atoms in total. The Morgan fingerprint density at radius 1 is 1.14 bits per heavy atom. The number of hydrogen-bond acceptors (Lipinski definition) is 3. The smallest absolute Gasteiger partial charge is 0.408 e. The van der Waals surface area contributed by atoms with Crippen molar-refractivity contribution in [3.8, 4) is 0 Å². The monoisotopic (exact) mass is 403 g/mol. The van der Waals surface area contributed by atoms with Crippen LogP contribution in [-0.2, 0) is 10.3 Å². The summed E-state index contributed by atoms with van der Waals surface area (Å²) >= 11 is 0. The number of benzene rings is 1. The summed E-state index contributed by atoms with van der Waals surface area (Å²) in [7, 11) is 0. The fourth-order valence-corrected chi connectivity index (χ4v) is 3.66. The largest absolute Gasteiger partial charge is 0.444 e. The van der Waals surface area contributed by atoms with Gasteiger partial charge in [-0.25, -0.2) is 9.18 Å². The number of carbonyl (C=O) groups is 2. The van der Waals surface area contributed by atoms with Crippen molar-refractivity contribution in [2.24, 2.45) is 0 Å². The molecule has 1 aromatic rings. The van der Waals surface area contributed by atoms with Gasteiger partial charge in [0.2, 0.25) is 0 Å². The molecular weight excluding hydrogens is 369 g/mol. The zero-order valence-corrected chi connectivity index (χ0v) is 18.4. The maximum Gasteiger partial charge on any atom is 0.408 e. The first-order valence-corrected chi connectivity index (χ1v) is 10.6. The van der Waals surface area contributed by atoms with Crippen molar-refractivity contribution in [2.45, 2.75) is 90.7 Å². The molecule has 1 aromatic carbocycles. The van der Waals surface area contributed by atoms with E-state index in [0.29, 0.717) is 24.0 Å². The minimum Gasteiger partial charge on any atom is -0.444 e. The molecule has 0 spiro atoms. The van der Waals surface area contributed by atoms with Crippen LogP contribution in [0.2, 0.25) is 0 Å². The Morgan fingerprint density at radius 2 is 1.76 bits per heavy atom. The third-order valence-electron chi connectivity index (χ3n) is 5.33. The van der Waals surface area contributed by atoms with Gasteiger partial charge in [0, 0.05) is 12.0 Å². The SMILES string of the molecule is CCC/C(CC(=O)c1ccc(C2(NC(=O)OC(C)(C)C)CCC2)cc1)=C(/F)CC. The Kier molecular flexibility index (Phi) is 7.61. The van der Waals surface area contributed by atoms with E-state index in [0.717, 1.165) is 31.2 Å². The minimum absolute atomic E-state index is 0.0774. The number of alkyl carbamates (subject to hydrolysis) is 1. The van der Waals surface area contributed by atoms with Gasteiger partial charge < -0.3 is 10.1 Å². The minimum atomic E-state index is -0.553. The van der Waals surface area contributed by atoms with E-state index >= 15 is 0 Å². The number of ketones is 1. The second-order valence-corrected chi connectivity index (χ2v) is 8.85. The van der Waals surface area contributed by atoms with Gasteiger partial charge >= 0.3 is 6.09 Å². The molecule has 0 atom stereocenters. The van der Waals surface area contributed by atoms with Gasteiger partial charge in [-0.2, -0.15) is 0 Å². The van der Waals surface area contributed by atoms with Crippen LogP contribution in [-0.4, -0.2) is 17.5 Å². The van der Waals surface area contributed by atoms with Gasteiger partial charge in [0.15, 0.2) is 5.78 Å². The molecule has 1 aliphatic carbocycles. The Morgan fingerprint density at radius 3 is 2.21 bits per heavy atom. The molecule has 29 heavy (non-hydrogen) atoms. The summed E-state index contributed by atoms with van der Waals surface area (Å²) < 4.78 is 19.5. The van der Waals surface area contributed by atoms with E-state index in [-0.39, 0.29) is 18.0 Å². The Balaban J connectivity index is 2.12. The standard InChI is InChI=1S/C24H34FNO3/c1-6-9-18(20(25)7-2)16-21(27)17-10-12-19(13-11-17)24(14-8-15-24)26-22(28)29-23(3,4)5/h10-13H,6-9,14-16H2,1-5H3,(H,26,28)/b20-18-. The van der Waals surface area contributed by atoms with Crippen molar-refractivity contribution in [3.05, 3.63) is 46.8 Å². The molecule has 1 fully saturated rings. The molecule has 0 heterocycles. The number of Topliss-reactive ketones (excluding diaryl/α,β-unsaturated/α-hetero) is 1. The first-order chi connectivity index (χ1) is 13.6. The maximum atomic E-state index is 14.0. The normalized spacial score (nSPS) is 16.5. The molecule has 0 saturated heterocycles. The molecule has 1 saturated carbocycles. The van der Waals surface area contributed by atoms with Gasteiger partial charge in [-0.3, -0.25) is 4.79 Å². The molecule has 2 rings (SSSR count). The first-order valence-electron chi connectivity index (χ1n) is 10.6. The zero-order chi connectivity index (χ0) is 21.7. The van der Waals surface area contributed by atoms with E-state index in [4.69, 9.17) is 4.74 Å². The van der Waals surface area contributed by atoms with Gasteiger partial charge in [-0.15, -0.1) is 0 Å². The van der Waals surface area contributed by atoms with Crippen molar-refractivity contribution in [1.29, 1.82) is 0 Å². The second-order valence-electron chi connectivity index (χ2n) is 8.85. The number of carbonyl (C=O) groups excluding carboxylic acids is 2. The molecular formula is C24H34FNO3. The van der Waals surface area contributed by atoms with Crippen LogP contribution in [0.1, 0.15) is 95.5 Å². The Hall–Kier alpha value is -2.17. The fourth-order valence-electron chi connectivity index (χ4n) is 3.66. The Bertz CT molecular complexity index is 755. The van der Waals surface area contributed by atoms with Gasteiger partial charge in [0.05, 0.1) is 11.4 Å². The molecule has 0 unspecified atom stereocenters. The summed E-state index contributed by atoms with van der Waals surface area (Å²) in [5.41, 5.74) is 1.15. The van der Waals surface area contributed by atoms with Gasteiger partial charge in [0.1, 0.15) is 5.60 Å². The average molecular weight is 404 g/mol. The zero-order valence-electron chi connectivity index (χ0n) is 18.4. The van der Waals surface area contributed by atoms with Gasteiger partial charge in [0.25, 0.3) is 0 Å². The highest BCUT2D eigenvalue weighted by Crippen LogP contribution is 2.41. The lowest BCUT2D eigenvalue weighted by atomic mass is 9.71. The van der Waals surface area contributed by atoms with Crippen LogP contribution in [0.4, 0.5) is 9.18 Å². The average Bonchev–Trinajstić information content (AvgIpc) is 2.62. The lowest BCUT2D eigenvalue weighted by Crippen LogP contribution is -2.52. The van der Waals surface area contributed by atoms with E-state index in [2.05, 4.69) is 5.32 Å². The van der Waals surface area contributed by atoms with E-state index in [9.17, 15) is 14.0 Å². The number of ether oxygens (including phenoxy) is 1. The molecule has 0 radical (unpaired) electrons. The van der Waals surface area contributed by atoms with Crippen molar-refractivity contribution < 1.29 is 18.7 Å². The van der Waals surface area contributed by atoms with Crippen molar-refractivity contribution >= 4 is 11.9 Å². The molecule has 0 aliphatic heterocycles. The number of halogens is 1. The Labute approximate surface area is 173 Å². The molecule has 1 amide bonds. The highest BCUT2D eigenvalue weighted by atomic mass is 19.1. The van der Waals surface area contributed by atoms with E-state index < -0.39 is 17.2 Å². The number of hydrogen-bond donors (Lipinski definition) is 1. The van der Waals surface area contributed by atoms with Crippen LogP contribution in [0.15, 0.2) is 35.7 Å². The maximum absolute atomic E-state index is 14.0. The van der Waals surface area contributed by atoms with E-state index in [1.807, 2.05) is 39.8 Å². The van der Waals surface area contributed by atoms with Crippen LogP contribution in [0.25, 0.3) is 0 Å². The lowest BCUT2D eigenvalue weighted by molar-refractivity contribution is 0.0377. The molecule has 160 valence electrons. The summed E-state index contributed by atoms with van der Waals surface area (Å²) in [5.74, 6) is -0.252. The lowest BCUT2D eigenvalue weighted by Gasteiger charge is -2.43. The van der Waals surface area contributed by atoms with Crippen LogP contribution >= 0.6 is 0 Å². The summed E-state index contributed by atoms with van der Waals surface area (Å²) in [4.78, 5) is 24.9. The van der Waals surface area contributed by atoms with Crippen LogP contribution in [0.3, 0.4) is 0 Å². The molecule has 0 aromatic heterocycles. The summed E-state index contributed by atoms with van der Waals surface area (Å²) in [6.45, 7) is 9.26. The number of amides is 1. The molecule has 1 N–H and O–H groups in total. The van der Waals surface area contributed by atoms with Gasteiger partial charge in [-0.05, 0) is 64.0 Å². The van der Waals surface area contributed by atoms with Crippen LogP contribution < -0.4 is 5.32 Å². The first kappa shape index (κ1) is 23.1. The fraction of sp³-hybridized carbons (Fsp3) is 0.583. The summed E-state index contributed by atoms with van der Waals surface area (Å²) in [5, 5.41) is 3.02. The number of nitrogens with one attached hydrogen (secondary N) is 1. The second kappa shape index (κ2) is 9.55. The predicted octanol–water partition coefficient (Wildman–Crippen LogP) is 6.60. The predicted molar refractivity (Wildman–Crippen MR) is 114 cm³/mol. The summed E-state index contributed by atoms with van der Waals surface area (Å²) in [6.07, 6.45) is 4.13. The van der Waals surface area contributed by atoms with Crippen LogP contribution in [0.5, 0.6) is 0 Å². The highest BCUT2D eigenvalue weighted by molar-refractivity contribution is 5.97. The molecule has 1 aliphatic rings.